The van der Waals surface area contributed by atoms with E-state index < -0.39 is 27.9 Å². The number of sulfonamides is 1. The van der Waals surface area contributed by atoms with E-state index in [1.54, 1.807) is 0 Å². The summed E-state index contributed by atoms with van der Waals surface area (Å²) in [5.41, 5.74) is 0.574. The lowest BCUT2D eigenvalue weighted by molar-refractivity contribution is 0.0279. The summed E-state index contributed by atoms with van der Waals surface area (Å²) >= 11 is 0. The molecule has 0 bridgehead atoms. The second-order valence-electron chi connectivity index (χ2n) is 5.74. The molecule has 1 N–H and O–H groups in total. The Hall–Kier alpha value is -3.11. The monoisotopic (exact) mass is 405 g/mol. The van der Waals surface area contributed by atoms with Gasteiger partial charge in [-0.1, -0.05) is 6.07 Å². The molecule has 2 aromatic carbocycles. The Morgan fingerprint density at radius 3 is 2.57 bits per heavy atom. The Morgan fingerprint density at radius 2 is 1.89 bits per heavy atom. The molecule has 0 amide bonds. The zero-order chi connectivity index (χ0) is 20.3. The highest BCUT2D eigenvalue weighted by atomic mass is 32.2. The number of nitrogens with one attached hydrogen (secondary N) is 1. The zero-order valence-corrected chi connectivity index (χ0v) is 15.7. The fourth-order valence-corrected chi connectivity index (χ4v) is 3.07. The van der Waals surface area contributed by atoms with Gasteiger partial charge in [-0.15, -0.1) is 10.2 Å². The average molecular weight is 405 g/mol. The number of halogens is 1. The van der Waals surface area contributed by atoms with Crippen LogP contribution in [0.15, 0.2) is 57.8 Å². The number of rotatable bonds is 6. The molecule has 1 atom stereocenters. The van der Waals surface area contributed by atoms with Gasteiger partial charge in [0.2, 0.25) is 15.9 Å². The zero-order valence-electron chi connectivity index (χ0n) is 14.9. The predicted molar refractivity (Wildman–Crippen MR) is 96.2 cm³/mol. The van der Waals surface area contributed by atoms with Crippen molar-refractivity contribution in [2.45, 2.75) is 17.9 Å². The first kappa shape index (κ1) is 19.6. The van der Waals surface area contributed by atoms with Crippen LogP contribution in [0.1, 0.15) is 29.3 Å². The van der Waals surface area contributed by atoms with Gasteiger partial charge in [-0.05, 0) is 56.4 Å². The van der Waals surface area contributed by atoms with Crippen LogP contribution in [0, 0.1) is 5.82 Å². The topological polar surface area (TPSA) is 111 Å². The SMILES string of the molecule is CNS(=O)(=O)c1cccc(C(=O)O[C@@H](C)c2nnc(-c3ccc(F)cc3)o2)c1. The number of benzene rings is 2. The minimum Gasteiger partial charge on any atom is -0.449 e. The third kappa shape index (κ3) is 4.24. The molecule has 0 radical (unpaired) electrons. The summed E-state index contributed by atoms with van der Waals surface area (Å²) in [5, 5.41) is 7.69. The van der Waals surface area contributed by atoms with Gasteiger partial charge >= 0.3 is 5.97 Å². The lowest BCUT2D eigenvalue weighted by Crippen LogP contribution is -2.19. The fraction of sp³-hybridized carbons (Fsp3) is 0.167. The number of esters is 1. The smallest absolute Gasteiger partial charge is 0.338 e. The number of aromatic nitrogens is 2. The van der Waals surface area contributed by atoms with Crippen molar-refractivity contribution in [1.82, 2.24) is 14.9 Å². The van der Waals surface area contributed by atoms with E-state index >= 15 is 0 Å². The largest absolute Gasteiger partial charge is 0.449 e. The van der Waals surface area contributed by atoms with Crippen molar-refractivity contribution in [1.29, 1.82) is 0 Å². The summed E-state index contributed by atoms with van der Waals surface area (Å²) in [6.45, 7) is 1.54. The standard InChI is InChI=1S/C18H16FN3O5S/c1-11(16-21-22-17(27-16)12-6-8-14(19)9-7-12)26-18(23)13-4-3-5-15(10-13)28(24,25)20-2/h3-11,20H,1-2H3/t11-/m0/s1. The molecule has 3 aromatic rings. The van der Waals surface area contributed by atoms with Crippen LogP contribution in [0.5, 0.6) is 0 Å². The molecular weight excluding hydrogens is 389 g/mol. The van der Waals surface area contributed by atoms with E-state index in [9.17, 15) is 17.6 Å². The summed E-state index contributed by atoms with van der Waals surface area (Å²) < 4.78 is 49.6. The van der Waals surface area contributed by atoms with Crippen molar-refractivity contribution in [3.05, 3.63) is 65.8 Å². The third-order valence-corrected chi connectivity index (χ3v) is 5.22. The van der Waals surface area contributed by atoms with Crippen molar-refractivity contribution in [2.24, 2.45) is 0 Å². The molecule has 8 nitrogen and oxygen atoms in total. The van der Waals surface area contributed by atoms with Crippen LogP contribution in [-0.4, -0.2) is 31.6 Å². The van der Waals surface area contributed by atoms with Crippen molar-refractivity contribution < 1.29 is 26.8 Å². The molecule has 0 saturated heterocycles. The molecular formula is C18H16FN3O5S. The van der Waals surface area contributed by atoms with Crippen LogP contribution in [0.3, 0.4) is 0 Å². The molecule has 28 heavy (non-hydrogen) atoms. The van der Waals surface area contributed by atoms with Gasteiger partial charge in [-0.3, -0.25) is 0 Å². The molecule has 0 spiro atoms. The summed E-state index contributed by atoms with van der Waals surface area (Å²) in [6.07, 6.45) is -0.876. The molecule has 10 heteroatoms. The summed E-state index contributed by atoms with van der Waals surface area (Å²) in [7, 11) is -2.42. The average Bonchev–Trinajstić information content (AvgIpc) is 3.19. The van der Waals surface area contributed by atoms with Gasteiger partial charge in [-0.25, -0.2) is 22.3 Å². The van der Waals surface area contributed by atoms with Crippen LogP contribution in [-0.2, 0) is 14.8 Å². The number of nitrogens with zero attached hydrogens (tertiary/aromatic N) is 2. The first-order valence-corrected chi connectivity index (χ1v) is 9.62. The molecule has 0 saturated carbocycles. The number of carbonyl (C=O) groups is 1. The quantitative estimate of drug-likeness (QED) is 0.628. The number of ether oxygens (including phenoxy) is 1. The molecule has 1 aromatic heterocycles. The van der Waals surface area contributed by atoms with Gasteiger partial charge in [0, 0.05) is 5.56 Å². The Bertz CT molecular complexity index is 1100. The number of hydrogen-bond acceptors (Lipinski definition) is 7. The van der Waals surface area contributed by atoms with Crippen molar-refractivity contribution in [3.8, 4) is 11.5 Å². The van der Waals surface area contributed by atoms with Crippen LogP contribution < -0.4 is 4.72 Å². The highest BCUT2D eigenvalue weighted by molar-refractivity contribution is 7.89. The van der Waals surface area contributed by atoms with E-state index in [0.717, 1.165) is 0 Å². The third-order valence-electron chi connectivity index (χ3n) is 3.81. The first-order chi connectivity index (χ1) is 13.3. The van der Waals surface area contributed by atoms with E-state index in [1.807, 2.05) is 0 Å². The molecule has 0 fully saturated rings. The Kier molecular flexibility index (Phi) is 5.52. The maximum Gasteiger partial charge on any atom is 0.338 e. The van der Waals surface area contributed by atoms with Crippen LogP contribution in [0.4, 0.5) is 4.39 Å². The fourth-order valence-electron chi connectivity index (χ4n) is 2.30. The molecule has 146 valence electrons. The maximum absolute atomic E-state index is 13.0. The second-order valence-corrected chi connectivity index (χ2v) is 7.62. The van der Waals surface area contributed by atoms with Gasteiger partial charge in [0.25, 0.3) is 5.89 Å². The molecule has 0 aliphatic carbocycles. The first-order valence-electron chi connectivity index (χ1n) is 8.14. The molecule has 0 unspecified atom stereocenters. The van der Waals surface area contributed by atoms with Crippen LogP contribution >= 0.6 is 0 Å². The Balaban J connectivity index is 1.75. The van der Waals surface area contributed by atoms with E-state index in [-0.39, 0.29) is 22.2 Å². The highest BCUT2D eigenvalue weighted by Crippen LogP contribution is 2.23. The normalized spacial score (nSPS) is 12.5. The van der Waals surface area contributed by atoms with Crippen molar-refractivity contribution >= 4 is 16.0 Å². The van der Waals surface area contributed by atoms with Gasteiger partial charge in [-0.2, -0.15) is 0 Å². The van der Waals surface area contributed by atoms with Gasteiger partial charge in [0.1, 0.15) is 5.82 Å². The van der Waals surface area contributed by atoms with Gasteiger partial charge < -0.3 is 9.15 Å². The Labute approximate surface area is 160 Å². The lowest BCUT2D eigenvalue weighted by atomic mass is 10.2. The van der Waals surface area contributed by atoms with Gasteiger partial charge in [0.15, 0.2) is 6.10 Å². The lowest BCUT2D eigenvalue weighted by Gasteiger charge is -2.10. The van der Waals surface area contributed by atoms with Crippen molar-refractivity contribution in [2.75, 3.05) is 7.05 Å². The summed E-state index contributed by atoms with van der Waals surface area (Å²) in [5.74, 6) is -0.942. The molecule has 0 aliphatic rings. The van der Waals surface area contributed by atoms with E-state index in [4.69, 9.17) is 9.15 Å². The van der Waals surface area contributed by atoms with Gasteiger partial charge in [0.05, 0.1) is 10.5 Å². The number of hydrogen-bond donors (Lipinski definition) is 1. The van der Waals surface area contributed by atoms with E-state index in [2.05, 4.69) is 14.9 Å². The molecule has 1 heterocycles. The molecule has 0 aliphatic heterocycles. The minimum absolute atomic E-state index is 0.0478. The predicted octanol–water partition coefficient (Wildman–Crippen LogP) is 2.70. The van der Waals surface area contributed by atoms with E-state index in [1.165, 1.54) is 62.5 Å². The van der Waals surface area contributed by atoms with Crippen LogP contribution in [0.25, 0.3) is 11.5 Å². The highest BCUT2D eigenvalue weighted by Gasteiger charge is 2.21. The summed E-state index contributed by atoms with van der Waals surface area (Å²) in [6, 6.07) is 10.9. The van der Waals surface area contributed by atoms with Crippen LogP contribution in [0.2, 0.25) is 0 Å². The molecule has 3 rings (SSSR count). The van der Waals surface area contributed by atoms with E-state index in [0.29, 0.717) is 5.56 Å². The Morgan fingerprint density at radius 1 is 1.18 bits per heavy atom. The second kappa shape index (κ2) is 7.87. The maximum atomic E-state index is 13.0. The minimum atomic E-state index is -3.69. The van der Waals surface area contributed by atoms with Crippen molar-refractivity contribution in [3.63, 3.8) is 0 Å². The number of carbonyl (C=O) groups excluding carboxylic acids is 1. The summed E-state index contributed by atoms with van der Waals surface area (Å²) in [4.78, 5) is 12.3.